The van der Waals surface area contributed by atoms with Gasteiger partial charge in [0.2, 0.25) is 0 Å². The highest BCUT2D eigenvalue weighted by atomic mass is 19.4. The van der Waals surface area contributed by atoms with Crippen LogP contribution >= 0.6 is 0 Å². The minimum absolute atomic E-state index is 0.0300. The Labute approximate surface area is 159 Å². The van der Waals surface area contributed by atoms with Gasteiger partial charge in [0.15, 0.2) is 0 Å². The lowest BCUT2D eigenvalue weighted by Crippen LogP contribution is -2.46. The van der Waals surface area contributed by atoms with E-state index >= 15 is 0 Å². The highest BCUT2D eigenvalue weighted by Crippen LogP contribution is 2.46. The second-order valence-electron chi connectivity index (χ2n) is 7.95. The molecule has 0 amide bonds. The van der Waals surface area contributed by atoms with Gasteiger partial charge in [0, 0.05) is 12.0 Å². The minimum Gasteiger partial charge on any atom is -0.492 e. The van der Waals surface area contributed by atoms with Crippen LogP contribution in [-0.4, -0.2) is 31.1 Å². The van der Waals surface area contributed by atoms with E-state index in [0.717, 1.165) is 38.5 Å². The van der Waals surface area contributed by atoms with Gasteiger partial charge >= 0.3 is 6.18 Å². The lowest BCUT2D eigenvalue weighted by molar-refractivity contribution is -0.139. The Kier molecular flexibility index (Phi) is 5.99. The van der Waals surface area contributed by atoms with Gasteiger partial charge in [0.25, 0.3) is 0 Å². The van der Waals surface area contributed by atoms with Gasteiger partial charge in [0.05, 0.1) is 12.2 Å². The van der Waals surface area contributed by atoms with Crippen LogP contribution in [0.15, 0.2) is 42.5 Å². The summed E-state index contributed by atoms with van der Waals surface area (Å²) in [4.78, 5) is 2.46. The Bertz CT molecular complexity index is 700. The van der Waals surface area contributed by atoms with Gasteiger partial charge in [-0.15, -0.1) is 0 Å². The summed E-state index contributed by atoms with van der Waals surface area (Å²) in [7, 11) is 0. The average Bonchev–Trinajstić information content (AvgIpc) is 2.63. The molecule has 5 heteroatoms. The molecule has 1 saturated heterocycles. The molecule has 1 fully saturated rings. The van der Waals surface area contributed by atoms with Crippen molar-refractivity contribution in [1.82, 2.24) is 4.90 Å². The summed E-state index contributed by atoms with van der Waals surface area (Å²) in [6.07, 6.45) is 6.59. The van der Waals surface area contributed by atoms with Crippen molar-refractivity contribution in [3.8, 4) is 5.75 Å². The highest BCUT2D eigenvalue weighted by molar-refractivity contribution is 5.45. The predicted octanol–water partition coefficient (Wildman–Crippen LogP) is 5.49. The average molecular weight is 379 g/mol. The fraction of sp³-hybridized carbons (Fsp3) is 0.545. The number of alkyl halides is 3. The lowest BCUT2D eigenvalue weighted by Gasteiger charge is -2.45. The van der Waals surface area contributed by atoms with Crippen LogP contribution in [0, 0.1) is 11.3 Å². The Morgan fingerprint density at radius 1 is 1.22 bits per heavy atom. The van der Waals surface area contributed by atoms with E-state index in [1.54, 1.807) is 6.07 Å². The third kappa shape index (κ3) is 4.75. The first-order valence-electron chi connectivity index (χ1n) is 9.67. The van der Waals surface area contributed by atoms with Crippen LogP contribution in [-0.2, 0) is 12.6 Å². The molecule has 148 valence electrons. The quantitative estimate of drug-likeness (QED) is 0.641. The van der Waals surface area contributed by atoms with Crippen molar-refractivity contribution in [2.75, 3.05) is 26.2 Å². The van der Waals surface area contributed by atoms with E-state index in [2.05, 4.69) is 24.0 Å². The normalized spacial score (nSPS) is 21.5. The largest absolute Gasteiger partial charge is 0.492 e. The van der Waals surface area contributed by atoms with Gasteiger partial charge < -0.3 is 9.64 Å². The van der Waals surface area contributed by atoms with Crippen molar-refractivity contribution in [3.63, 3.8) is 0 Å². The number of rotatable bonds is 4. The summed E-state index contributed by atoms with van der Waals surface area (Å²) in [6, 6.07) is 4.39. The van der Waals surface area contributed by atoms with Crippen LogP contribution in [0.4, 0.5) is 13.2 Å². The lowest BCUT2D eigenvalue weighted by atomic mass is 9.72. The molecular weight excluding hydrogens is 351 g/mol. The number of halogens is 3. The van der Waals surface area contributed by atoms with Crippen LogP contribution in [0.25, 0.3) is 0 Å². The van der Waals surface area contributed by atoms with Crippen molar-refractivity contribution >= 4 is 0 Å². The number of fused-ring (bicyclic) bond motifs is 1. The number of nitrogens with zero attached hydrogens (tertiary/aromatic N) is 1. The number of benzene rings is 1. The molecule has 2 aliphatic rings. The summed E-state index contributed by atoms with van der Waals surface area (Å²) >= 11 is 0. The summed E-state index contributed by atoms with van der Waals surface area (Å²) in [5.41, 5.74) is 0.0267. The molecule has 1 aromatic carbocycles. The first-order chi connectivity index (χ1) is 12.8. The van der Waals surface area contributed by atoms with Gasteiger partial charge in [-0.25, -0.2) is 0 Å². The van der Waals surface area contributed by atoms with Gasteiger partial charge in [-0.05, 0) is 56.8 Å². The second-order valence-corrected chi connectivity index (χ2v) is 7.95. The van der Waals surface area contributed by atoms with Crippen LogP contribution in [0.2, 0.25) is 0 Å². The summed E-state index contributed by atoms with van der Waals surface area (Å²) in [6.45, 7) is 7.56. The number of hydrogen-bond acceptors (Lipinski definition) is 2. The third-order valence-electron chi connectivity index (χ3n) is 5.70. The van der Waals surface area contributed by atoms with E-state index in [0.29, 0.717) is 24.5 Å². The Balaban J connectivity index is 1.62. The SMILES string of the molecule is C/C=C\C=C/C(C)CN1CCC2(CC1)COc1c(cccc1C(F)(F)F)C2. The molecule has 1 spiro atoms. The maximum atomic E-state index is 13.2. The van der Waals surface area contributed by atoms with E-state index < -0.39 is 11.7 Å². The molecular formula is C22H28F3NO. The van der Waals surface area contributed by atoms with Crippen molar-refractivity contribution in [3.05, 3.63) is 53.6 Å². The topological polar surface area (TPSA) is 12.5 Å². The maximum absolute atomic E-state index is 13.2. The zero-order valence-corrected chi connectivity index (χ0v) is 16.1. The molecule has 1 atom stereocenters. The Morgan fingerprint density at radius 3 is 2.63 bits per heavy atom. The molecule has 27 heavy (non-hydrogen) atoms. The fourth-order valence-electron chi connectivity index (χ4n) is 4.16. The number of piperidine rings is 1. The van der Waals surface area contributed by atoms with Gasteiger partial charge in [-0.3, -0.25) is 0 Å². The van der Waals surface area contributed by atoms with Crippen molar-refractivity contribution in [2.24, 2.45) is 11.3 Å². The molecule has 1 aromatic rings. The van der Waals surface area contributed by atoms with E-state index in [-0.39, 0.29) is 11.2 Å². The first kappa shape index (κ1) is 20.0. The van der Waals surface area contributed by atoms with E-state index in [1.807, 2.05) is 19.1 Å². The zero-order valence-electron chi connectivity index (χ0n) is 16.1. The van der Waals surface area contributed by atoms with Gasteiger partial charge in [-0.1, -0.05) is 43.4 Å². The molecule has 0 saturated carbocycles. The number of allylic oxidation sites excluding steroid dienone is 3. The number of hydrogen-bond donors (Lipinski definition) is 0. The summed E-state index contributed by atoms with van der Waals surface area (Å²) in [5, 5.41) is 0. The van der Waals surface area contributed by atoms with E-state index in [4.69, 9.17) is 4.74 Å². The Hall–Kier alpha value is -1.75. The first-order valence-corrected chi connectivity index (χ1v) is 9.67. The highest BCUT2D eigenvalue weighted by Gasteiger charge is 2.42. The summed E-state index contributed by atoms with van der Waals surface area (Å²) < 4.78 is 45.3. The van der Waals surface area contributed by atoms with Crippen LogP contribution in [0.1, 0.15) is 37.8 Å². The molecule has 1 unspecified atom stereocenters. The van der Waals surface area contributed by atoms with Crippen molar-refractivity contribution < 1.29 is 17.9 Å². The van der Waals surface area contributed by atoms with Crippen LogP contribution in [0.5, 0.6) is 5.75 Å². The molecule has 0 N–H and O–H groups in total. The molecule has 0 aliphatic carbocycles. The van der Waals surface area contributed by atoms with Crippen LogP contribution in [0.3, 0.4) is 0 Å². The monoisotopic (exact) mass is 379 g/mol. The molecule has 0 aromatic heterocycles. The molecule has 0 bridgehead atoms. The number of para-hydroxylation sites is 1. The second kappa shape index (κ2) is 8.09. The molecule has 2 aliphatic heterocycles. The van der Waals surface area contributed by atoms with Gasteiger partial charge in [-0.2, -0.15) is 13.2 Å². The van der Waals surface area contributed by atoms with E-state index in [9.17, 15) is 13.2 Å². The molecule has 3 rings (SSSR count). The fourth-order valence-corrected chi connectivity index (χ4v) is 4.16. The molecule has 0 radical (unpaired) electrons. The van der Waals surface area contributed by atoms with E-state index in [1.165, 1.54) is 6.07 Å². The molecule has 2 heterocycles. The van der Waals surface area contributed by atoms with Gasteiger partial charge in [0.1, 0.15) is 5.75 Å². The minimum atomic E-state index is -4.37. The third-order valence-corrected chi connectivity index (χ3v) is 5.70. The molecule has 2 nitrogen and oxygen atoms in total. The number of ether oxygens (including phenoxy) is 1. The zero-order chi connectivity index (χ0) is 19.5. The summed E-state index contributed by atoms with van der Waals surface area (Å²) in [5.74, 6) is 0.522. The predicted molar refractivity (Wildman–Crippen MR) is 102 cm³/mol. The smallest absolute Gasteiger partial charge is 0.419 e. The van der Waals surface area contributed by atoms with Crippen molar-refractivity contribution in [1.29, 1.82) is 0 Å². The standard InChI is InChI=1S/C22H28F3NO/c1-3-4-5-7-17(2)15-26-12-10-21(11-13-26)14-18-8-6-9-19(22(23,24)25)20(18)27-16-21/h3-9,17H,10-16H2,1-2H3/b4-3-,7-5-. The van der Waals surface area contributed by atoms with Crippen LogP contribution < -0.4 is 4.74 Å². The maximum Gasteiger partial charge on any atom is 0.419 e. The Morgan fingerprint density at radius 2 is 1.96 bits per heavy atom. The number of likely N-dealkylation sites (tertiary alicyclic amines) is 1. The van der Waals surface area contributed by atoms with Crippen molar-refractivity contribution in [2.45, 2.75) is 39.3 Å².